The first-order valence-corrected chi connectivity index (χ1v) is 6.81. The van der Waals surface area contributed by atoms with E-state index in [1.165, 1.54) is 0 Å². The monoisotopic (exact) mass is 258 g/mol. The van der Waals surface area contributed by atoms with Gasteiger partial charge in [0, 0.05) is 18.1 Å². The topological polar surface area (TPSA) is 76.2 Å². The van der Waals surface area contributed by atoms with Gasteiger partial charge in [0.25, 0.3) is 0 Å². The van der Waals surface area contributed by atoms with E-state index in [1.54, 1.807) is 11.8 Å². The largest absolute Gasteiger partial charge is 0.481 e. The second-order valence-electron chi connectivity index (χ2n) is 3.88. The summed E-state index contributed by atoms with van der Waals surface area (Å²) >= 11 is 1.79. The fraction of sp³-hybridized carbons (Fsp3) is 0.727. The molecule has 96 valence electrons. The summed E-state index contributed by atoms with van der Waals surface area (Å²) in [6, 6.07) is 0. The van der Waals surface area contributed by atoms with Crippen LogP contribution in [0.4, 0.5) is 0 Å². The maximum absolute atomic E-state index is 10.3. The molecule has 1 aromatic rings. The highest BCUT2D eigenvalue weighted by atomic mass is 32.2. The molecule has 17 heavy (non-hydrogen) atoms. The maximum Gasteiger partial charge on any atom is 0.303 e. The first kappa shape index (κ1) is 14.0. The van der Waals surface area contributed by atoms with Gasteiger partial charge < -0.3 is 9.63 Å². The lowest BCUT2D eigenvalue weighted by Crippen LogP contribution is -1.97. The van der Waals surface area contributed by atoms with Crippen molar-refractivity contribution in [2.45, 2.75) is 50.5 Å². The molecule has 0 aliphatic rings. The van der Waals surface area contributed by atoms with Crippen LogP contribution in [-0.2, 0) is 17.0 Å². The molecule has 1 atom stereocenters. The molecule has 0 saturated carbocycles. The van der Waals surface area contributed by atoms with Crippen LogP contribution in [-0.4, -0.2) is 26.5 Å². The number of carbonyl (C=O) groups is 1. The molecule has 0 saturated heterocycles. The van der Waals surface area contributed by atoms with Gasteiger partial charge in [0.15, 0.2) is 5.82 Å². The molecule has 1 heterocycles. The van der Waals surface area contributed by atoms with E-state index >= 15 is 0 Å². The van der Waals surface area contributed by atoms with Gasteiger partial charge in [-0.25, -0.2) is 0 Å². The highest BCUT2D eigenvalue weighted by molar-refractivity contribution is 7.99. The molecular weight excluding hydrogens is 240 g/mol. The Balaban J connectivity index is 2.29. The van der Waals surface area contributed by atoms with E-state index in [1.807, 2.05) is 0 Å². The van der Waals surface area contributed by atoms with Gasteiger partial charge in [-0.3, -0.25) is 4.79 Å². The molecule has 0 aliphatic heterocycles. The number of carboxylic acid groups (broad SMARTS) is 1. The number of aliphatic carboxylic acids is 1. The number of hydrogen-bond donors (Lipinski definition) is 1. The van der Waals surface area contributed by atoms with E-state index in [0.717, 1.165) is 12.2 Å². The molecule has 1 aromatic heterocycles. The van der Waals surface area contributed by atoms with Gasteiger partial charge in [-0.05, 0) is 12.8 Å². The van der Waals surface area contributed by atoms with Crippen LogP contribution in [0.3, 0.4) is 0 Å². The molecule has 0 spiro atoms. The van der Waals surface area contributed by atoms with E-state index < -0.39 is 5.97 Å². The molecule has 1 N–H and O–H groups in total. The normalized spacial score (nSPS) is 12.6. The quantitative estimate of drug-likeness (QED) is 0.772. The van der Waals surface area contributed by atoms with Crippen molar-refractivity contribution in [3.05, 3.63) is 11.7 Å². The van der Waals surface area contributed by atoms with Crippen molar-refractivity contribution >= 4 is 17.7 Å². The summed E-state index contributed by atoms with van der Waals surface area (Å²) in [6.07, 6.45) is 2.33. The lowest BCUT2D eigenvalue weighted by Gasteiger charge is -2.04. The van der Waals surface area contributed by atoms with Crippen molar-refractivity contribution < 1.29 is 14.4 Å². The third-order valence-electron chi connectivity index (χ3n) is 2.36. The number of thioether (sulfide) groups is 1. The minimum Gasteiger partial charge on any atom is -0.481 e. The summed E-state index contributed by atoms with van der Waals surface area (Å²) in [6.45, 7) is 4.31. The van der Waals surface area contributed by atoms with Crippen LogP contribution in [0.1, 0.15) is 44.8 Å². The molecular formula is C11H18N2O3S. The van der Waals surface area contributed by atoms with Crippen LogP contribution in [0, 0.1) is 0 Å². The highest BCUT2D eigenvalue weighted by Crippen LogP contribution is 2.18. The molecule has 0 aliphatic carbocycles. The molecule has 5 nitrogen and oxygen atoms in total. The second-order valence-corrected chi connectivity index (χ2v) is 5.31. The summed E-state index contributed by atoms with van der Waals surface area (Å²) in [5.74, 6) is 1.18. The Labute approximate surface area is 105 Å². The van der Waals surface area contributed by atoms with Crippen LogP contribution in [0.2, 0.25) is 0 Å². The molecule has 0 fully saturated rings. The fourth-order valence-electron chi connectivity index (χ4n) is 1.18. The van der Waals surface area contributed by atoms with Gasteiger partial charge in [0.2, 0.25) is 5.89 Å². The van der Waals surface area contributed by atoms with Gasteiger partial charge in [-0.1, -0.05) is 19.0 Å². The number of rotatable bonds is 8. The smallest absolute Gasteiger partial charge is 0.303 e. The Morgan fingerprint density at radius 1 is 1.59 bits per heavy atom. The van der Waals surface area contributed by atoms with Crippen molar-refractivity contribution in [3.8, 4) is 0 Å². The molecule has 0 radical (unpaired) electrons. The van der Waals surface area contributed by atoms with E-state index in [9.17, 15) is 4.79 Å². The van der Waals surface area contributed by atoms with Gasteiger partial charge in [0.05, 0.1) is 5.75 Å². The minimum absolute atomic E-state index is 0.138. The maximum atomic E-state index is 10.3. The van der Waals surface area contributed by atoms with E-state index in [-0.39, 0.29) is 6.42 Å². The summed E-state index contributed by atoms with van der Waals surface area (Å²) in [5.41, 5.74) is 0. The average Bonchev–Trinajstić information content (AvgIpc) is 2.73. The van der Waals surface area contributed by atoms with Crippen molar-refractivity contribution in [1.29, 1.82) is 0 Å². The number of hydrogen-bond acceptors (Lipinski definition) is 5. The Bertz CT molecular complexity index is 354. The number of nitrogens with zero attached hydrogens (tertiary/aromatic N) is 2. The molecule has 6 heteroatoms. The second kappa shape index (κ2) is 7.32. The van der Waals surface area contributed by atoms with E-state index in [4.69, 9.17) is 9.63 Å². The minimum atomic E-state index is -0.794. The summed E-state index contributed by atoms with van der Waals surface area (Å²) in [4.78, 5) is 14.6. The first-order valence-electron chi connectivity index (χ1n) is 5.76. The average molecular weight is 258 g/mol. The summed E-state index contributed by atoms with van der Waals surface area (Å²) in [7, 11) is 0. The molecule has 0 aromatic carbocycles. The molecule has 1 rings (SSSR count). The lowest BCUT2D eigenvalue weighted by atomic mass is 10.2. The number of aromatic nitrogens is 2. The van der Waals surface area contributed by atoms with Crippen molar-refractivity contribution in [3.63, 3.8) is 0 Å². The Kier molecular flexibility index (Phi) is 6.04. The van der Waals surface area contributed by atoms with Crippen molar-refractivity contribution in [2.24, 2.45) is 0 Å². The van der Waals surface area contributed by atoms with Crippen LogP contribution in [0.15, 0.2) is 4.52 Å². The lowest BCUT2D eigenvalue weighted by molar-refractivity contribution is -0.137. The zero-order valence-corrected chi connectivity index (χ0v) is 11.0. The fourth-order valence-corrected chi connectivity index (χ4v) is 1.96. The van der Waals surface area contributed by atoms with Crippen LogP contribution in [0.5, 0.6) is 0 Å². The third kappa shape index (κ3) is 5.72. The standard InChI is InChI=1S/C11H18N2O3S/c1-3-8(2)17-7-9-12-10(16-13-9)5-4-6-11(14)15/h8H,3-7H2,1-2H3,(H,14,15). The van der Waals surface area contributed by atoms with Crippen LogP contribution < -0.4 is 0 Å². The molecule has 0 amide bonds. The molecule has 1 unspecified atom stereocenters. The van der Waals surface area contributed by atoms with Gasteiger partial charge in [-0.2, -0.15) is 16.7 Å². The van der Waals surface area contributed by atoms with E-state index in [2.05, 4.69) is 24.0 Å². The van der Waals surface area contributed by atoms with Gasteiger partial charge >= 0.3 is 5.97 Å². The van der Waals surface area contributed by atoms with Crippen LogP contribution >= 0.6 is 11.8 Å². The first-order chi connectivity index (χ1) is 8.11. The third-order valence-corrected chi connectivity index (χ3v) is 3.69. The Morgan fingerprint density at radius 3 is 3.00 bits per heavy atom. The number of aryl methyl sites for hydroxylation is 1. The zero-order valence-electron chi connectivity index (χ0n) is 10.2. The predicted octanol–water partition coefficient (Wildman–Crippen LogP) is 2.51. The predicted molar refractivity (Wildman–Crippen MR) is 65.9 cm³/mol. The summed E-state index contributed by atoms with van der Waals surface area (Å²) in [5, 5.41) is 13.0. The Hall–Kier alpha value is -1.04. The number of carboxylic acids is 1. The van der Waals surface area contributed by atoms with Gasteiger partial charge in [0.1, 0.15) is 0 Å². The van der Waals surface area contributed by atoms with Crippen LogP contribution in [0.25, 0.3) is 0 Å². The van der Waals surface area contributed by atoms with E-state index in [0.29, 0.717) is 29.8 Å². The summed E-state index contributed by atoms with van der Waals surface area (Å²) < 4.78 is 5.05. The highest BCUT2D eigenvalue weighted by Gasteiger charge is 2.08. The van der Waals surface area contributed by atoms with Gasteiger partial charge in [-0.15, -0.1) is 0 Å². The van der Waals surface area contributed by atoms with Crippen molar-refractivity contribution in [2.75, 3.05) is 0 Å². The van der Waals surface area contributed by atoms with Crippen molar-refractivity contribution in [1.82, 2.24) is 10.1 Å². The molecule has 0 bridgehead atoms. The Morgan fingerprint density at radius 2 is 2.35 bits per heavy atom. The SMILES string of the molecule is CCC(C)SCc1noc(CCCC(=O)O)n1. The zero-order chi connectivity index (χ0) is 12.7.